The SMILES string of the molecule is CNc1cccc(COCCCOCCOC)n1. The number of pyridine rings is 1. The summed E-state index contributed by atoms with van der Waals surface area (Å²) in [6, 6.07) is 5.84. The number of nitrogens with zero attached hydrogens (tertiary/aromatic N) is 1. The molecule has 0 radical (unpaired) electrons. The van der Waals surface area contributed by atoms with Gasteiger partial charge in [-0.25, -0.2) is 4.98 Å². The van der Waals surface area contributed by atoms with Crippen LogP contribution in [0.2, 0.25) is 0 Å². The number of hydrogen-bond acceptors (Lipinski definition) is 5. The first-order valence-electron chi connectivity index (χ1n) is 6.15. The lowest BCUT2D eigenvalue weighted by Crippen LogP contribution is -2.06. The molecule has 18 heavy (non-hydrogen) atoms. The van der Waals surface area contributed by atoms with Gasteiger partial charge in [0.1, 0.15) is 5.82 Å². The van der Waals surface area contributed by atoms with Crippen LogP contribution in [0.1, 0.15) is 12.1 Å². The van der Waals surface area contributed by atoms with Gasteiger partial charge in [0, 0.05) is 27.4 Å². The smallest absolute Gasteiger partial charge is 0.126 e. The highest BCUT2D eigenvalue weighted by atomic mass is 16.5. The number of rotatable bonds is 10. The molecule has 102 valence electrons. The van der Waals surface area contributed by atoms with Crippen LogP contribution in [0.5, 0.6) is 0 Å². The standard InChI is InChI=1S/C13H22N2O3/c1-14-13-6-3-5-12(15-13)11-18-8-4-7-17-10-9-16-2/h3,5-6H,4,7-11H2,1-2H3,(H,14,15). The van der Waals surface area contributed by atoms with E-state index < -0.39 is 0 Å². The van der Waals surface area contributed by atoms with Crippen molar-refractivity contribution in [3.8, 4) is 0 Å². The summed E-state index contributed by atoms with van der Waals surface area (Å²) in [4.78, 5) is 4.37. The zero-order valence-electron chi connectivity index (χ0n) is 11.1. The van der Waals surface area contributed by atoms with Gasteiger partial charge in [-0.2, -0.15) is 0 Å². The zero-order chi connectivity index (χ0) is 13.1. The van der Waals surface area contributed by atoms with Crippen LogP contribution in [-0.4, -0.2) is 45.6 Å². The molecule has 0 amide bonds. The predicted molar refractivity (Wildman–Crippen MR) is 70.8 cm³/mol. The molecule has 1 rings (SSSR count). The van der Waals surface area contributed by atoms with Gasteiger partial charge in [-0.1, -0.05) is 6.07 Å². The highest BCUT2D eigenvalue weighted by molar-refractivity contribution is 5.33. The molecular weight excluding hydrogens is 232 g/mol. The van der Waals surface area contributed by atoms with Gasteiger partial charge in [-0.3, -0.25) is 0 Å². The molecule has 5 nitrogen and oxygen atoms in total. The molecule has 0 saturated carbocycles. The Morgan fingerprint density at radius 1 is 1.11 bits per heavy atom. The van der Waals surface area contributed by atoms with Crippen molar-refractivity contribution in [3.05, 3.63) is 23.9 Å². The summed E-state index contributed by atoms with van der Waals surface area (Å²) in [6.07, 6.45) is 0.884. The van der Waals surface area contributed by atoms with Crippen molar-refractivity contribution >= 4 is 5.82 Å². The molecule has 1 heterocycles. The van der Waals surface area contributed by atoms with Crippen molar-refractivity contribution in [1.82, 2.24) is 4.98 Å². The minimum Gasteiger partial charge on any atom is -0.382 e. The Labute approximate surface area is 108 Å². The van der Waals surface area contributed by atoms with E-state index in [0.717, 1.165) is 17.9 Å². The van der Waals surface area contributed by atoms with Crippen LogP contribution in [0, 0.1) is 0 Å². The van der Waals surface area contributed by atoms with Crippen LogP contribution >= 0.6 is 0 Å². The summed E-state index contributed by atoms with van der Waals surface area (Å²) in [5.74, 6) is 0.860. The summed E-state index contributed by atoms with van der Waals surface area (Å²) in [5, 5.41) is 3.00. The molecule has 0 aliphatic carbocycles. The first kappa shape index (κ1) is 14.9. The summed E-state index contributed by atoms with van der Waals surface area (Å²) < 4.78 is 15.7. The largest absolute Gasteiger partial charge is 0.382 e. The fourth-order valence-electron chi connectivity index (χ4n) is 1.38. The van der Waals surface area contributed by atoms with Crippen molar-refractivity contribution in [2.45, 2.75) is 13.0 Å². The number of hydrogen-bond donors (Lipinski definition) is 1. The second-order valence-electron chi connectivity index (χ2n) is 3.78. The molecule has 1 N–H and O–H groups in total. The van der Waals surface area contributed by atoms with E-state index in [1.807, 2.05) is 25.2 Å². The first-order chi connectivity index (χ1) is 8.86. The van der Waals surface area contributed by atoms with E-state index in [0.29, 0.717) is 33.0 Å². The normalized spacial score (nSPS) is 10.6. The van der Waals surface area contributed by atoms with Crippen molar-refractivity contribution < 1.29 is 14.2 Å². The Kier molecular flexibility index (Phi) is 8.12. The molecule has 0 saturated heterocycles. The van der Waals surface area contributed by atoms with E-state index in [9.17, 15) is 0 Å². The second-order valence-corrected chi connectivity index (χ2v) is 3.78. The van der Waals surface area contributed by atoms with Crippen molar-refractivity contribution in [2.24, 2.45) is 0 Å². The number of anilines is 1. The van der Waals surface area contributed by atoms with Crippen molar-refractivity contribution in [3.63, 3.8) is 0 Å². The van der Waals surface area contributed by atoms with E-state index >= 15 is 0 Å². The molecular formula is C13H22N2O3. The summed E-state index contributed by atoms with van der Waals surface area (Å²) in [7, 11) is 3.52. The molecule has 0 atom stereocenters. The van der Waals surface area contributed by atoms with Gasteiger partial charge in [-0.05, 0) is 18.6 Å². The molecule has 1 aromatic heterocycles. The van der Waals surface area contributed by atoms with Crippen molar-refractivity contribution in [1.29, 1.82) is 0 Å². The van der Waals surface area contributed by atoms with Crippen LogP contribution in [0.3, 0.4) is 0 Å². The lowest BCUT2D eigenvalue weighted by Gasteiger charge is -2.06. The van der Waals surface area contributed by atoms with Gasteiger partial charge in [0.05, 0.1) is 25.5 Å². The average molecular weight is 254 g/mol. The Hall–Kier alpha value is -1.17. The van der Waals surface area contributed by atoms with Gasteiger partial charge in [0.15, 0.2) is 0 Å². The molecule has 0 unspecified atom stereocenters. The summed E-state index contributed by atoms with van der Waals surface area (Å²) >= 11 is 0. The molecule has 0 spiro atoms. The molecule has 0 aliphatic rings. The van der Waals surface area contributed by atoms with Crippen molar-refractivity contribution in [2.75, 3.05) is 45.9 Å². The van der Waals surface area contributed by atoms with E-state index in [1.165, 1.54) is 0 Å². The van der Waals surface area contributed by atoms with E-state index in [1.54, 1.807) is 7.11 Å². The van der Waals surface area contributed by atoms with Crippen LogP contribution in [-0.2, 0) is 20.8 Å². The monoisotopic (exact) mass is 254 g/mol. The number of nitrogens with one attached hydrogen (secondary N) is 1. The van der Waals surface area contributed by atoms with Gasteiger partial charge < -0.3 is 19.5 Å². The number of aromatic nitrogens is 1. The van der Waals surface area contributed by atoms with Gasteiger partial charge in [0.2, 0.25) is 0 Å². The summed E-state index contributed by atoms with van der Waals surface area (Å²) in [6.45, 7) is 3.20. The molecule has 1 aromatic rings. The Morgan fingerprint density at radius 2 is 1.94 bits per heavy atom. The molecule has 0 fully saturated rings. The topological polar surface area (TPSA) is 52.6 Å². The van der Waals surface area contributed by atoms with Gasteiger partial charge >= 0.3 is 0 Å². The minimum absolute atomic E-state index is 0.535. The molecule has 0 aromatic carbocycles. The fraction of sp³-hybridized carbons (Fsp3) is 0.615. The van der Waals surface area contributed by atoms with Crippen LogP contribution in [0.25, 0.3) is 0 Å². The lowest BCUT2D eigenvalue weighted by molar-refractivity contribution is 0.0478. The Balaban J connectivity index is 2.03. The maximum absolute atomic E-state index is 5.52. The highest BCUT2D eigenvalue weighted by Crippen LogP contribution is 2.04. The maximum atomic E-state index is 5.52. The van der Waals surface area contributed by atoms with Crippen LogP contribution in [0.15, 0.2) is 18.2 Å². The zero-order valence-corrected chi connectivity index (χ0v) is 11.1. The van der Waals surface area contributed by atoms with E-state index in [2.05, 4.69) is 10.3 Å². The molecule has 0 aliphatic heterocycles. The van der Waals surface area contributed by atoms with Crippen LogP contribution in [0.4, 0.5) is 5.82 Å². The van der Waals surface area contributed by atoms with E-state index in [4.69, 9.17) is 14.2 Å². The number of ether oxygens (including phenoxy) is 3. The quantitative estimate of drug-likeness (QED) is 0.644. The second kappa shape index (κ2) is 9.82. The first-order valence-corrected chi connectivity index (χ1v) is 6.15. The predicted octanol–water partition coefficient (Wildman–Crippen LogP) is 1.69. The van der Waals surface area contributed by atoms with Gasteiger partial charge in [-0.15, -0.1) is 0 Å². The fourth-order valence-corrected chi connectivity index (χ4v) is 1.38. The third-order valence-corrected chi connectivity index (χ3v) is 2.32. The molecule has 0 bridgehead atoms. The van der Waals surface area contributed by atoms with Crippen LogP contribution < -0.4 is 5.32 Å². The van der Waals surface area contributed by atoms with E-state index in [-0.39, 0.29) is 0 Å². The average Bonchev–Trinajstić information content (AvgIpc) is 2.42. The third-order valence-electron chi connectivity index (χ3n) is 2.32. The Morgan fingerprint density at radius 3 is 2.72 bits per heavy atom. The molecule has 5 heteroatoms. The minimum atomic E-state index is 0.535. The third kappa shape index (κ3) is 6.54. The number of methoxy groups -OCH3 is 1. The summed E-state index contributed by atoms with van der Waals surface area (Å²) in [5.41, 5.74) is 0.933. The highest BCUT2D eigenvalue weighted by Gasteiger charge is 1.97. The lowest BCUT2D eigenvalue weighted by atomic mass is 10.3. The Bertz CT molecular complexity index is 321. The maximum Gasteiger partial charge on any atom is 0.126 e. The van der Waals surface area contributed by atoms with Gasteiger partial charge in [0.25, 0.3) is 0 Å².